The molecule has 8 nitrogen and oxygen atoms in total. The van der Waals surface area contributed by atoms with Crippen LogP contribution in [-0.4, -0.2) is 46.2 Å². The molecule has 0 amide bonds. The van der Waals surface area contributed by atoms with Crippen molar-refractivity contribution in [2.75, 3.05) is 26.6 Å². The van der Waals surface area contributed by atoms with Gasteiger partial charge >= 0.3 is 6.01 Å². The molecular weight excluding hydrogens is 236 g/mol. The van der Waals surface area contributed by atoms with Gasteiger partial charge in [-0.3, -0.25) is 0 Å². The minimum atomic E-state index is 0.192. The van der Waals surface area contributed by atoms with E-state index >= 15 is 0 Å². The lowest BCUT2D eigenvalue weighted by Gasteiger charge is -2.07. The van der Waals surface area contributed by atoms with E-state index in [2.05, 4.69) is 30.2 Å². The molecule has 0 atom stereocenters. The van der Waals surface area contributed by atoms with Gasteiger partial charge < -0.3 is 14.8 Å². The molecule has 8 heteroatoms. The molecular formula is C10H12N6O2. The summed E-state index contributed by atoms with van der Waals surface area (Å²) in [6.45, 7) is 0. The number of hydrogen-bond acceptors (Lipinski definition) is 8. The lowest BCUT2D eigenvalue weighted by molar-refractivity contribution is 0.378. The Labute approximate surface area is 103 Å². The van der Waals surface area contributed by atoms with Crippen molar-refractivity contribution in [1.82, 2.24) is 24.9 Å². The maximum Gasteiger partial charge on any atom is 0.321 e. The fourth-order valence-corrected chi connectivity index (χ4v) is 1.29. The fourth-order valence-electron chi connectivity index (χ4n) is 1.29. The van der Waals surface area contributed by atoms with E-state index in [0.717, 1.165) is 0 Å². The van der Waals surface area contributed by atoms with Crippen LogP contribution in [0.2, 0.25) is 0 Å². The predicted octanol–water partition coefficient (Wildman–Crippen LogP) is 0.387. The van der Waals surface area contributed by atoms with Crippen molar-refractivity contribution in [2.24, 2.45) is 0 Å². The van der Waals surface area contributed by atoms with Gasteiger partial charge in [0.25, 0.3) is 0 Å². The summed E-state index contributed by atoms with van der Waals surface area (Å²) in [5, 5.41) is 2.82. The van der Waals surface area contributed by atoms with Crippen LogP contribution in [0.15, 0.2) is 12.4 Å². The topological polar surface area (TPSA) is 94.9 Å². The van der Waals surface area contributed by atoms with E-state index < -0.39 is 0 Å². The summed E-state index contributed by atoms with van der Waals surface area (Å²) in [4.78, 5) is 20.5. The van der Waals surface area contributed by atoms with Gasteiger partial charge in [0.15, 0.2) is 11.5 Å². The van der Waals surface area contributed by atoms with E-state index in [4.69, 9.17) is 9.47 Å². The molecule has 0 unspecified atom stereocenters. The van der Waals surface area contributed by atoms with Crippen LogP contribution < -0.4 is 14.8 Å². The number of hydrogen-bond donors (Lipinski definition) is 1. The molecule has 2 aromatic rings. The van der Waals surface area contributed by atoms with Crippen molar-refractivity contribution >= 4 is 5.95 Å². The zero-order valence-corrected chi connectivity index (χ0v) is 10.2. The number of ether oxygens (including phenoxy) is 2. The lowest BCUT2D eigenvalue weighted by Crippen LogP contribution is -2.05. The molecule has 0 aromatic carbocycles. The Morgan fingerprint density at radius 1 is 1.00 bits per heavy atom. The summed E-state index contributed by atoms with van der Waals surface area (Å²) in [6, 6.07) is 0.192. The van der Waals surface area contributed by atoms with E-state index in [-0.39, 0.29) is 6.01 Å². The molecule has 2 aromatic heterocycles. The van der Waals surface area contributed by atoms with E-state index in [1.165, 1.54) is 26.6 Å². The van der Waals surface area contributed by atoms with Crippen molar-refractivity contribution in [3.05, 3.63) is 12.4 Å². The Morgan fingerprint density at radius 3 is 2.44 bits per heavy atom. The first-order valence-electron chi connectivity index (χ1n) is 5.11. The fraction of sp³-hybridized carbons (Fsp3) is 0.300. The average Bonchev–Trinajstić information content (AvgIpc) is 2.46. The number of aromatic nitrogens is 5. The molecule has 1 N–H and O–H groups in total. The Hall–Kier alpha value is -2.51. The first-order valence-corrected chi connectivity index (χ1v) is 5.11. The third-order valence-corrected chi connectivity index (χ3v) is 2.09. The second-order valence-corrected chi connectivity index (χ2v) is 3.13. The SMILES string of the molecule is CNc1nc(OC)nc(-c2nccnc2OC)n1. The van der Waals surface area contributed by atoms with E-state index in [9.17, 15) is 0 Å². The summed E-state index contributed by atoms with van der Waals surface area (Å²) in [6.07, 6.45) is 3.06. The summed E-state index contributed by atoms with van der Waals surface area (Å²) in [5.74, 6) is 1.05. The van der Waals surface area contributed by atoms with Gasteiger partial charge in [-0.15, -0.1) is 0 Å². The van der Waals surface area contributed by atoms with Gasteiger partial charge in [-0.2, -0.15) is 15.0 Å². The zero-order valence-electron chi connectivity index (χ0n) is 10.2. The predicted molar refractivity (Wildman–Crippen MR) is 63.5 cm³/mol. The first kappa shape index (κ1) is 12.0. The molecule has 0 fully saturated rings. The van der Waals surface area contributed by atoms with Crippen molar-refractivity contribution in [1.29, 1.82) is 0 Å². The molecule has 0 saturated carbocycles. The average molecular weight is 248 g/mol. The summed E-state index contributed by atoms with van der Waals surface area (Å²) < 4.78 is 10.1. The molecule has 2 rings (SSSR count). The van der Waals surface area contributed by atoms with Gasteiger partial charge in [0, 0.05) is 19.4 Å². The third-order valence-electron chi connectivity index (χ3n) is 2.09. The highest BCUT2D eigenvalue weighted by atomic mass is 16.5. The van der Waals surface area contributed by atoms with Gasteiger partial charge in [0.2, 0.25) is 11.8 Å². The summed E-state index contributed by atoms with van der Waals surface area (Å²) in [5.41, 5.74) is 0.428. The molecule has 2 heterocycles. The minimum absolute atomic E-state index is 0.192. The van der Waals surface area contributed by atoms with Crippen LogP contribution in [0, 0.1) is 0 Å². The standard InChI is InChI=1S/C10H12N6O2/c1-11-9-14-7(15-10(16-9)18-3)6-8(17-2)13-5-4-12-6/h4-5H,1-3H3,(H,11,14,15,16). The van der Waals surface area contributed by atoms with Gasteiger partial charge in [-0.1, -0.05) is 0 Å². The van der Waals surface area contributed by atoms with Gasteiger partial charge in [0.1, 0.15) is 0 Å². The Balaban J connectivity index is 2.55. The van der Waals surface area contributed by atoms with Gasteiger partial charge in [0.05, 0.1) is 14.2 Å². The molecule has 94 valence electrons. The molecule has 0 spiro atoms. The lowest BCUT2D eigenvalue weighted by atomic mass is 10.4. The van der Waals surface area contributed by atoms with E-state index in [0.29, 0.717) is 23.3 Å². The quantitative estimate of drug-likeness (QED) is 0.830. The zero-order chi connectivity index (χ0) is 13.0. The molecule has 0 aliphatic heterocycles. The molecule has 0 saturated heterocycles. The Morgan fingerprint density at radius 2 is 1.78 bits per heavy atom. The van der Waals surface area contributed by atoms with Crippen molar-refractivity contribution in [2.45, 2.75) is 0 Å². The molecule has 18 heavy (non-hydrogen) atoms. The monoisotopic (exact) mass is 248 g/mol. The third kappa shape index (κ3) is 2.26. The van der Waals surface area contributed by atoms with Crippen molar-refractivity contribution in [3.8, 4) is 23.4 Å². The van der Waals surface area contributed by atoms with Crippen LogP contribution in [0.5, 0.6) is 11.9 Å². The number of rotatable bonds is 4. The van der Waals surface area contributed by atoms with Crippen molar-refractivity contribution < 1.29 is 9.47 Å². The van der Waals surface area contributed by atoms with Crippen LogP contribution in [0.1, 0.15) is 0 Å². The van der Waals surface area contributed by atoms with E-state index in [1.54, 1.807) is 7.05 Å². The highest BCUT2D eigenvalue weighted by Crippen LogP contribution is 2.23. The summed E-state index contributed by atoms with van der Waals surface area (Å²) >= 11 is 0. The second-order valence-electron chi connectivity index (χ2n) is 3.13. The van der Waals surface area contributed by atoms with Crippen molar-refractivity contribution in [3.63, 3.8) is 0 Å². The molecule has 0 bridgehead atoms. The number of nitrogens with one attached hydrogen (secondary N) is 1. The van der Waals surface area contributed by atoms with E-state index in [1.807, 2.05) is 0 Å². The largest absolute Gasteiger partial charge is 0.479 e. The number of methoxy groups -OCH3 is 2. The first-order chi connectivity index (χ1) is 8.78. The highest BCUT2D eigenvalue weighted by molar-refractivity contribution is 5.57. The van der Waals surface area contributed by atoms with Gasteiger partial charge in [-0.05, 0) is 0 Å². The molecule has 0 aliphatic carbocycles. The maximum absolute atomic E-state index is 5.11. The van der Waals surface area contributed by atoms with Crippen LogP contribution >= 0.6 is 0 Å². The van der Waals surface area contributed by atoms with Gasteiger partial charge in [-0.25, -0.2) is 9.97 Å². The smallest absolute Gasteiger partial charge is 0.321 e. The summed E-state index contributed by atoms with van der Waals surface area (Å²) in [7, 11) is 4.68. The normalized spacial score (nSPS) is 9.94. The number of anilines is 1. The van der Waals surface area contributed by atoms with Crippen LogP contribution in [0.25, 0.3) is 11.5 Å². The maximum atomic E-state index is 5.11. The molecule has 0 aliphatic rings. The molecule has 0 radical (unpaired) electrons. The Kier molecular flexibility index (Phi) is 3.46. The van der Waals surface area contributed by atoms with Crippen LogP contribution in [-0.2, 0) is 0 Å². The highest BCUT2D eigenvalue weighted by Gasteiger charge is 2.14. The number of nitrogens with zero attached hydrogens (tertiary/aromatic N) is 5. The minimum Gasteiger partial charge on any atom is -0.479 e. The Bertz CT molecular complexity index is 525. The van der Waals surface area contributed by atoms with Crippen LogP contribution in [0.4, 0.5) is 5.95 Å². The van der Waals surface area contributed by atoms with Crippen LogP contribution in [0.3, 0.4) is 0 Å². The second kappa shape index (κ2) is 5.21.